The number of hydrogen-bond donors (Lipinski definition) is 1. The first kappa shape index (κ1) is 17.7. The van der Waals surface area contributed by atoms with Gasteiger partial charge in [0, 0.05) is 43.0 Å². The predicted octanol–water partition coefficient (Wildman–Crippen LogP) is 3.62. The minimum Gasteiger partial charge on any atom is -0.312 e. The van der Waals surface area contributed by atoms with E-state index in [-0.39, 0.29) is 17.5 Å². The number of amides is 1. The third kappa shape index (κ3) is 4.10. The SMILES string of the molecule is CC(NCc1cnn(C(C)(C)C)c1)c1ccc(N2CCCC2=O)cc1. The number of rotatable bonds is 5. The first-order chi connectivity index (χ1) is 11.8. The summed E-state index contributed by atoms with van der Waals surface area (Å²) in [6.07, 6.45) is 5.65. The molecule has 25 heavy (non-hydrogen) atoms. The van der Waals surface area contributed by atoms with Crippen molar-refractivity contribution in [2.24, 2.45) is 0 Å². The minimum atomic E-state index is 0.00665. The number of hydrogen-bond acceptors (Lipinski definition) is 3. The number of carbonyl (C=O) groups excluding carboxylic acids is 1. The molecule has 0 bridgehead atoms. The van der Waals surface area contributed by atoms with Gasteiger partial charge in [0.15, 0.2) is 0 Å². The van der Waals surface area contributed by atoms with Gasteiger partial charge in [0.1, 0.15) is 0 Å². The molecular weight excluding hydrogens is 312 g/mol. The maximum Gasteiger partial charge on any atom is 0.227 e. The second-order valence-electron chi connectivity index (χ2n) is 7.81. The Kier molecular flexibility index (Phi) is 4.95. The van der Waals surface area contributed by atoms with E-state index in [1.54, 1.807) is 0 Å². The summed E-state index contributed by atoms with van der Waals surface area (Å²) >= 11 is 0. The summed E-state index contributed by atoms with van der Waals surface area (Å²) in [4.78, 5) is 13.7. The molecule has 3 rings (SSSR count). The lowest BCUT2D eigenvalue weighted by molar-refractivity contribution is -0.117. The van der Waals surface area contributed by atoms with Crippen LogP contribution in [0, 0.1) is 0 Å². The Balaban J connectivity index is 1.59. The zero-order valence-electron chi connectivity index (χ0n) is 15.6. The summed E-state index contributed by atoms with van der Waals surface area (Å²) in [6.45, 7) is 10.2. The third-order valence-electron chi connectivity index (χ3n) is 4.71. The van der Waals surface area contributed by atoms with Crippen molar-refractivity contribution in [2.45, 2.75) is 58.7 Å². The van der Waals surface area contributed by atoms with E-state index in [9.17, 15) is 4.79 Å². The van der Waals surface area contributed by atoms with Crippen molar-refractivity contribution in [3.8, 4) is 0 Å². The van der Waals surface area contributed by atoms with E-state index in [1.165, 1.54) is 11.1 Å². The molecule has 1 unspecified atom stereocenters. The first-order valence-corrected chi connectivity index (χ1v) is 9.02. The maximum absolute atomic E-state index is 11.8. The summed E-state index contributed by atoms with van der Waals surface area (Å²) < 4.78 is 2.00. The Bertz CT molecular complexity index is 727. The second kappa shape index (κ2) is 7.00. The van der Waals surface area contributed by atoms with Crippen LogP contribution < -0.4 is 10.2 Å². The Hall–Kier alpha value is -2.14. The summed E-state index contributed by atoms with van der Waals surface area (Å²) in [5, 5.41) is 7.98. The largest absolute Gasteiger partial charge is 0.312 e. The minimum absolute atomic E-state index is 0.00665. The number of carbonyl (C=O) groups is 1. The molecule has 1 saturated heterocycles. The fraction of sp³-hybridized carbons (Fsp3) is 0.500. The molecule has 1 fully saturated rings. The number of benzene rings is 1. The van der Waals surface area contributed by atoms with Crippen molar-refractivity contribution in [2.75, 3.05) is 11.4 Å². The van der Waals surface area contributed by atoms with E-state index in [0.29, 0.717) is 6.42 Å². The fourth-order valence-electron chi connectivity index (χ4n) is 3.07. The lowest BCUT2D eigenvalue weighted by atomic mass is 10.1. The van der Waals surface area contributed by atoms with Crippen LogP contribution in [0.25, 0.3) is 0 Å². The van der Waals surface area contributed by atoms with Crippen LogP contribution in [0.3, 0.4) is 0 Å². The number of anilines is 1. The van der Waals surface area contributed by atoms with Crippen LogP contribution in [0.2, 0.25) is 0 Å². The van der Waals surface area contributed by atoms with Gasteiger partial charge in [0.2, 0.25) is 5.91 Å². The Labute approximate surface area is 150 Å². The lowest BCUT2D eigenvalue weighted by Gasteiger charge is -2.19. The van der Waals surface area contributed by atoms with Gasteiger partial charge >= 0.3 is 0 Å². The summed E-state index contributed by atoms with van der Waals surface area (Å²) in [6, 6.07) is 8.55. The quantitative estimate of drug-likeness (QED) is 0.904. The molecule has 0 saturated carbocycles. The van der Waals surface area contributed by atoms with E-state index in [4.69, 9.17) is 0 Å². The van der Waals surface area contributed by atoms with Crippen LogP contribution in [-0.2, 0) is 16.9 Å². The molecule has 2 aromatic rings. The Morgan fingerprint density at radius 3 is 2.52 bits per heavy atom. The Morgan fingerprint density at radius 2 is 1.96 bits per heavy atom. The van der Waals surface area contributed by atoms with Crippen molar-refractivity contribution < 1.29 is 4.79 Å². The molecule has 1 aromatic carbocycles. The predicted molar refractivity (Wildman–Crippen MR) is 101 cm³/mol. The zero-order valence-corrected chi connectivity index (χ0v) is 15.6. The molecule has 1 N–H and O–H groups in total. The van der Waals surface area contributed by atoms with Crippen LogP contribution in [0.4, 0.5) is 5.69 Å². The molecule has 1 atom stereocenters. The molecule has 2 heterocycles. The van der Waals surface area contributed by atoms with Gasteiger partial charge in [0.25, 0.3) is 0 Å². The van der Waals surface area contributed by atoms with E-state index in [1.807, 2.05) is 27.9 Å². The lowest BCUT2D eigenvalue weighted by Crippen LogP contribution is -2.24. The van der Waals surface area contributed by atoms with Crippen LogP contribution in [0.15, 0.2) is 36.7 Å². The van der Waals surface area contributed by atoms with Crippen molar-refractivity contribution in [1.29, 1.82) is 0 Å². The van der Waals surface area contributed by atoms with Gasteiger partial charge in [-0.3, -0.25) is 9.48 Å². The van der Waals surface area contributed by atoms with Gasteiger partial charge in [-0.15, -0.1) is 0 Å². The third-order valence-corrected chi connectivity index (χ3v) is 4.71. The summed E-state index contributed by atoms with van der Waals surface area (Å²) in [5.74, 6) is 0.231. The van der Waals surface area contributed by atoms with Gasteiger partial charge < -0.3 is 10.2 Å². The molecular formula is C20H28N4O. The van der Waals surface area contributed by atoms with Crippen LogP contribution in [-0.4, -0.2) is 22.2 Å². The standard InChI is InChI=1S/C20H28N4O/c1-15(21-12-16-13-22-24(14-16)20(2,3)4)17-7-9-18(10-8-17)23-11-5-6-19(23)25/h7-10,13-15,21H,5-6,11-12H2,1-4H3. The zero-order chi connectivity index (χ0) is 18.0. The average Bonchev–Trinajstić information content (AvgIpc) is 3.21. The molecule has 134 valence electrons. The van der Waals surface area contributed by atoms with Gasteiger partial charge in [-0.05, 0) is 51.8 Å². The number of nitrogens with zero attached hydrogens (tertiary/aromatic N) is 3. The average molecular weight is 340 g/mol. The molecule has 1 aromatic heterocycles. The van der Waals surface area contributed by atoms with Crippen molar-refractivity contribution in [3.63, 3.8) is 0 Å². The monoisotopic (exact) mass is 340 g/mol. The van der Waals surface area contributed by atoms with Crippen molar-refractivity contribution in [3.05, 3.63) is 47.8 Å². The van der Waals surface area contributed by atoms with Crippen LogP contribution in [0.1, 0.15) is 57.7 Å². The molecule has 0 radical (unpaired) electrons. The normalized spacial score (nSPS) is 16.5. The highest BCUT2D eigenvalue weighted by Crippen LogP contribution is 2.23. The molecule has 1 amide bonds. The van der Waals surface area contributed by atoms with Gasteiger partial charge in [-0.25, -0.2) is 0 Å². The smallest absolute Gasteiger partial charge is 0.227 e. The van der Waals surface area contributed by atoms with Gasteiger partial charge in [-0.1, -0.05) is 12.1 Å². The molecule has 5 heteroatoms. The molecule has 1 aliphatic heterocycles. The second-order valence-corrected chi connectivity index (χ2v) is 7.81. The molecule has 0 spiro atoms. The van der Waals surface area contributed by atoms with Crippen LogP contribution >= 0.6 is 0 Å². The van der Waals surface area contributed by atoms with Crippen molar-refractivity contribution in [1.82, 2.24) is 15.1 Å². The summed E-state index contributed by atoms with van der Waals surface area (Å²) in [7, 11) is 0. The first-order valence-electron chi connectivity index (χ1n) is 9.02. The number of aromatic nitrogens is 2. The number of nitrogens with one attached hydrogen (secondary N) is 1. The molecule has 0 aliphatic carbocycles. The van der Waals surface area contributed by atoms with Crippen LogP contribution in [0.5, 0.6) is 0 Å². The highest BCUT2D eigenvalue weighted by Gasteiger charge is 2.21. The fourth-order valence-corrected chi connectivity index (χ4v) is 3.07. The van der Waals surface area contributed by atoms with E-state index < -0.39 is 0 Å². The molecule has 5 nitrogen and oxygen atoms in total. The summed E-state index contributed by atoms with van der Waals surface area (Å²) in [5.41, 5.74) is 3.41. The van der Waals surface area contributed by atoms with E-state index in [2.05, 4.69) is 56.4 Å². The maximum atomic E-state index is 11.8. The van der Waals surface area contributed by atoms with E-state index >= 15 is 0 Å². The highest BCUT2D eigenvalue weighted by molar-refractivity contribution is 5.95. The Morgan fingerprint density at radius 1 is 1.24 bits per heavy atom. The van der Waals surface area contributed by atoms with E-state index in [0.717, 1.165) is 25.2 Å². The highest BCUT2D eigenvalue weighted by atomic mass is 16.2. The van der Waals surface area contributed by atoms with Gasteiger partial charge in [0.05, 0.1) is 11.7 Å². The van der Waals surface area contributed by atoms with Gasteiger partial charge in [-0.2, -0.15) is 5.10 Å². The van der Waals surface area contributed by atoms with Crippen molar-refractivity contribution >= 4 is 11.6 Å². The topological polar surface area (TPSA) is 50.2 Å². The molecule has 1 aliphatic rings.